The van der Waals surface area contributed by atoms with Crippen molar-refractivity contribution in [3.63, 3.8) is 0 Å². The van der Waals surface area contributed by atoms with Crippen LogP contribution in [-0.2, 0) is 25.9 Å². The van der Waals surface area contributed by atoms with Crippen LogP contribution < -0.4 is 4.74 Å². The summed E-state index contributed by atoms with van der Waals surface area (Å²) in [5.41, 5.74) is 4.99. The molecule has 8 heteroatoms. The molecule has 8 nitrogen and oxygen atoms in total. The van der Waals surface area contributed by atoms with Crippen molar-refractivity contribution in [2.45, 2.75) is 51.3 Å². The molecular weight excluding hydrogens is 406 g/mol. The van der Waals surface area contributed by atoms with Crippen molar-refractivity contribution in [2.24, 2.45) is 0 Å². The van der Waals surface area contributed by atoms with Gasteiger partial charge in [0, 0.05) is 56.3 Å². The van der Waals surface area contributed by atoms with E-state index < -0.39 is 0 Å². The Hall–Kier alpha value is -3.13. The van der Waals surface area contributed by atoms with Gasteiger partial charge in [-0.05, 0) is 44.0 Å². The van der Waals surface area contributed by atoms with Crippen molar-refractivity contribution in [1.29, 1.82) is 0 Å². The number of H-pyrrole nitrogens is 1. The van der Waals surface area contributed by atoms with Crippen LogP contribution in [0.15, 0.2) is 41.1 Å². The predicted octanol–water partition coefficient (Wildman–Crippen LogP) is 3.20. The third-order valence-electron chi connectivity index (χ3n) is 6.31. The molecule has 1 aliphatic heterocycles. The highest BCUT2D eigenvalue weighted by Crippen LogP contribution is 2.26. The van der Waals surface area contributed by atoms with Crippen molar-refractivity contribution in [2.75, 3.05) is 20.1 Å². The molecule has 1 aromatic carbocycles. The van der Waals surface area contributed by atoms with Gasteiger partial charge in [-0.25, -0.2) is 0 Å². The number of piperidine rings is 1. The number of nitrogens with zero attached hydrogens (tertiary/aromatic N) is 4. The molecule has 1 amide bonds. The molecule has 1 fully saturated rings. The number of hydrogen-bond donors (Lipinski definition) is 1. The first-order chi connectivity index (χ1) is 15.7. The third-order valence-corrected chi connectivity index (χ3v) is 6.31. The molecule has 168 valence electrons. The standard InChI is InChI=1S/C24H29N5O3/c1-28(16-18-10-13-31-27-18)15-17-4-2-5-20(14-17)32-19-8-11-29(12-9-19)24(30)23-21-6-3-7-22(21)25-26-23/h2,4-5,10,13-14,19H,3,6-9,11-12,15-16H2,1H3,(H,25,26). The van der Waals surface area contributed by atoms with Gasteiger partial charge in [-0.3, -0.25) is 14.8 Å². The predicted molar refractivity (Wildman–Crippen MR) is 118 cm³/mol. The average molecular weight is 436 g/mol. The summed E-state index contributed by atoms with van der Waals surface area (Å²) in [7, 11) is 2.06. The molecule has 5 rings (SSSR count). The molecular formula is C24H29N5O3. The monoisotopic (exact) mass is 435 g/mol. The van der Waals surface area contributed by atoms with Gasteiger partial charge in [0.15, 0.2) is 5.69 Å². The molecule has 3 aromatic rings. The zero-order valence-corrected chi connectivity index (χ0v) is 18.4. The van der Waals surface area contributed by atoms with E-state index in [4.69, 9.17) is 9.26 Å². The Morgan fingerprint density at radius 3 is 2.94 bits per heavy atom. The lowest BCUT2D eigenvalue weighted by atomic mass is 10.1. The summed E-state index contributed by atoms with van der Waals surface area (Å²) in [6, 6.07) is 10.1. The number of rotatable bonds is 7. The van der Waals surface area contributed by atoms with Crippen LogP contribution in [0, 0.1) is 0 Å². The van der Waals surface area contributed by atoms with Crippen LogP contribution >= 0.6 is 0 Å². The minimum atomic E-state index is 0.0556. The molecule has 32 heavy (non-hydrogen) atoms. The number of amides is 1. The summed E-state index contributed by atoms with van der Waals surface area (Å²) in [5.74, 6) is 0.937. The van der Waals surface area contributed by atoms with E-state index in [0.717, 1.165) is 67.9 Å². The first-order valence-electron chi connectivity index (χ1n) is 11.3. The zero-order valence-electron chi connectivity index (χ0n) is 18.4. The van der Waals surface area contributed by atoms with E-state index in [9.17, 15) is 4.79 Å². The molecule has 3 heterocycles. The summed E-state index contributed by atoms with van der Waals surface area (Å²) >= 11 is 0. The third kappa shape index (κ3) is 4.55. The summed E-state index contributed by atoms with van der Waals surface area (Å²) in [5, 5.41) is 11.3. The van der Waals surface area contributed by atoms with Crippen LogP contribution in [-0.4, -0.2) is 57.3 Å². The van der Waals surface area contributed by atoms with Crippen molar-refractivity contribution >= 4 is 5.91 Å². The second-order valence-electron chi connectivity index (χ2n) is 8.80. The van der Waals surface area contributed by atoms with E-state index in [1.807, 2.05) is 23.1 Å². The van der Waals surface area contributed by atoms with Crippen LogP contribution in [0.1, 0.15) is 52.3 Å². The van der Waals surface area contributed by atoms with E-state index in [2.05, 4.69) is 39.4 Å². The number of carbonyl (C=O) groups is 1. The number of hydrogen-bond acceptors (Lipinski definition) is 6. The number of ether oxygens (including phenoxy) is 1. The van der Waals surface area contributed by atoms with Crippen LogP contribution in [0.2, 0.25) is 0 Å². The van der Waals surface area contributed by atoms with Gasteiger partial charge in [0.2, 0.25) is 0 Å². The smallest absolute Gasteiger partial charge is 0.274 e. The fraction of sp³-hybridized carbons (Fsp3) is 0.458. The number of nitrogens with one attached hydrogen (secondary N) is 1. The lowest BCUT2D eigenvalue weighted by Gasteiger charge is -2.32. The number of likely N-dealkylation sites (tertiary alicyclic amines) is 1. The molecule has 1 N–H and O–H groups in total. The molecule has 0 atom stereocenters. The van der Waals surface area contributed by atoms with E-state index >= 15 is 0 Å². The Balaban J connectivity index is 1.13. The van der Waals surface area contributed by atoms with Crippen LogP contribution in [0.25, 0.3) is 0 Å². The Morgan fingerprint density at radius 1 is 1.25 bits per heavy atom. The van der Waals surface area contributed by atoms with Crippen molar-refractivity contribution in [3.05, 3.63) is 64.8 Å². The van der Waals surface area contributed by atoms with Crippen LogP contribution in [0.3, 0.4) is 0 Å². The Morgan fingerprint density at radius 2 is 2.12 bits per heavy atom. The van der Waals surface area contributed by atoms with E-state index in [-0.39, 0.29) is 12.0 Å². The van der Waals surface area contributed by atoms with E-state index in [1.165, 1.54) is 5.56 Å². The fourth-order valence-electron chi connectivity index (χ4n) is 4.70. The normalized spacial score (nSPS) is 16.5. The van der Waals surface area contributed by atoms with Crippen LogP contribution in [0.4, 0.5) is 0 Å². The highest BCUT2D eigenvalue weighted by molar-refractivity contribution is 5.94. The van der Waals surface area contributed by atoms with Crippen molar-refractivity contribution < 1.29 is 14.1 Å². The summed E-state index contributed by atoms with van der Waals surface area (Å²) < 4.78 is 11.2. The lowest BCUT2D eigenvalue weighted by molar-refractivity contribution is 0.0589. The number of carbonyl (C=O) groups excluding carboxylic acids is 1. The highest BCUT2D eigenvalue weighted by Gasteiger charge is 2.29. The molecule has 1 saturated heterocycles. The molecule has 0 saturated carbocycles. The van der Waals surface area contributed by atoms with Gasteiger partial charge in [-0.2, -0.15) is 5.10 Å². The Bertz CT molecular complexity index is 1050. The van der Waals surface area contributed by atoms with Gasteiger partial charge in [-0.15, -0.1) is 0 Å². The second kappa shape index (κ2) is 9.16. The molecule has 0 radical (unpaired) electrons. The topological polar surface area (TPSA) is 87.5 Å². The Kier molecular flexibility index (Phi) is 5.94. The Labute approximate surface area is 187 Å². The lowest BCUT2D eigenvalue weighted by Crippen LogP contribution is -2.42. The molecule has 0 unspecified atom stereocenters. The van der Waals surface area contributed by atoms with Crippen molar-refractivity contribution in [1.82, 2.24) is 25.2 Å². The summed E-state index contributed by atoms with van der Waals surface area (Å²) in [4.78, 5) is 17.0. The second-order valence-corrected chi connectivity index (χ2v) is 8.80. The number of aromatic nitrogens is 3. The molecule has 1 aliphatic carbocycles. The quantitative estimate of drug-likeness (QED) is 0.613. The number of aromatic amines is 1. The first-order valence-corrected chi connectivity index (χ1v) is 11.3. The van der Waals surface area contributed by atoms with Gasteiger partial charge >= 0.3 is 0 Å². The van der Waals surface area contributed by atoms with Gasteiger partial charge in [0.25, 0.3) is 5.91 Å². The fourth-order valence-corrected chi connectivity index (χ4v) is 4.70. The maximum Gasteiger partial charge on any atom is 0.274 e. The zero-order chi connectivity index (χ0) is 21.9. The van der Waals surface area contributed by atoms with Gasteiger partial charge in [0.1, 0.15) is 18.1 Å². The van der Waals surface area contributed by atoms with E-state index in [0.29, 0.717) is 18.8 Å². The van der Waals surface area contributed by atoms with Gasteiger partial charge in [-0.1, -0.05) is 17.3 Å². The van der Waals surface area contributed by atoms with Crippen molar-refractivity contribution in [3.8, 4) is 5.75 Å². The largest absolute Gasteiger partial charge is 0.490 e. The number of aryl methyl sites for hydroxylation is 1. The molecule has 2 aromatic heterocycles. The number of benzene rings is 1. The minimum Gasteiger partial charge on any atom is -0.490 e. The molecule has 0 bridgehead atoms. The summed E-state index contributed by atoms with van der Waals surface area (Å²) in [6.07, 6.45) is 6.43. The van der Waals surface area contributed by atoms with Crippen LogP contribution in [0.5, 0.6) is 5.75 Å². The highest BCUT2D eigenvalue weighted by atomic mass is 16.5. The van der Waals surface area contributed by atoms with Gasteiger partial charge in [0.05, 0.1) is 5.69 Å². The molecule has 0 spiro atoms. The first kappa shape index (κ1) is 20.8. The SMILES string of the molecule is CN(Cc1cccc(OC2CCN(C(=O)c3n[nH]c4c3CCC4)CC2)c1)Cc1ccon1. The van der Waals surface area contributed by atoms with E-state index in [1.54, 1.807) is 6.26 Å². The maximum absolute atomic E-state index is 12.9. The van der Waals surface area contributed by atoms with Gasteiger partial charge < -0.3 is 14.2 Å². The minimum absolute atomic E-state index is 0.0556. The maximum atomic E-state index is 12.9. The average Bonchev–Trinajstić information content (AvgIpc) is 3.53. The summed E-state index contributed by atoms with van der Waals surface area (Å²) in [6.45, 7) is 2.93. The number of fused-ring (bicyclic) bond motifs is 1. The molecule has 2 aliphatic rings.